The number of pyridine rings is 1. The van der Waals surface area contributed by atoms with Crippen LogP contribution in [0.3, 0.4) is 0 Å². The number of aryl methyl sites for hydroxylation is 1. The van der Waals surface area contributed by atoms with Crippen molar-refractivity contribution >= 4 is 28.5 Å². The first-order chi connectivity index (χ1) is 19.5. The summed E-state index contributed by atoms with van der Waals surface area (Å²) in [5.74, 6) is -0.205. The highest BCUT2D eigenvalue weighted by Crippen LogP contribution is 2.41. The van der Waals surface area contributed by atoms with Crippen molar-refractivity contribution < 1.29 is 23.5 Å². The molecule has 0 N–H and O–H groups in total. The predicted octanol–water partition coefficient (Wildman–Crippen LogP) is 6.71. The first kappa shape index (κ1) is 27.3. The molecule has 1 saturated heterocycles. The maximum atomic E-state index is 15.2. The Morgan fingerprint density at radius 2 is 1.80 bits per heavy atom. The van der Waals surface area contributed by atoms with Crippen LogP contribution in [-0.2, 0) is 16.0 Å². The minimum Gasteiger partial charge on any atom is -0.465 e. The molecule has 216 valence electrons. The van der Waals surface area contributed by atoms with E-state index in [1.165, 1.54) is 47.8 Å². The van der Waals surface area contributed by atoms with E-state index in [-0.39, 0.29) is 11.7 Å². The van der Waals surface area contributed by atoms with Crippen LogP contribution in [0.4, 0.5) is 9.18 Å². The second kappa shape index (κ2) is 10.2. The highest BCUT2D eigenvalue weighted by atomic mass is 19.1. The number of carbonyl (C=O) groups is 2. The highest BCUT2D eigenvalue weighted by molar-refractivity contribution is 5.92. The van der Waals surface area contributed by atoms with Crippen molar-refractivity contribution in [3.8, 4) is 11.4 Å². The SMILES string of the molecule is COC(=O)c1cc(F)c2c(C)c(-c3cc4cccc(C5CCN(C(=O)OC(C)(C)C)CC5)c4n3CC3CC3)nn2c1. The molecule has 1 amide bonds. The molecule has 0 unspecified atom stereocenters. The Morgan fingerprint density at radius 1 is 1.07 bits per heavy atom. The summed E-state index contributed by atoms with van der Waals surface area (Å²) in [6, 6.07) is 9.80. The number of methoxy groups -OCH3 is 1. The maximum Gasteiger partial charge on any atom is 0.410 e. The highest BCUT2D eigenvalue weighted by Gasteiger charge is 2.31. The number of rotatable bonds is 5. The molecule has 9 heteroatoms. The lowest BCUT2D eigenvalue weighted by molar-refractivity contribution is 0.0205. The van der Waals surface area contributed by atoms with Gasteiger partial charge in [0.05, 0.1) is 23.9 Å². The van der Waals surface area contributed by atoms with E-state index in [4.69, 9.17) is 14.6 Å². The Balaban J connectivity index is 1.40. The lowest BCUT2D eigenvalue weighted by atomic mass is 9.88. The normalized spacial score (nSPS) is 16.5. The van der Waals surface area contributed by atoms with Gasteiger partial charge in [0.2, 0.25) is 0 Å². The monoisotopic (exact) mass is 560 g/mol. The molecule has 1 aliphatic heterocycles. The average Bonchev–Trinajstić information content (AvgIpc) is 3.59. The number of hydrogen-bond acceptors (Lipinski definition) is 5. The van der Waals surface area contributed by atoms with E-state index in [1.807, 2.05) is 32.6 Å². The number of nitrogens with zero attached hydrogens (tertiary/aromatic N) is 4. The van der Waals surface area contributed by atoms with E-state index >= 15 is 4.39 Å². The van der Waals surface area contributed by atoms with E-state index in [2.05, 4.69) is 28.8 Å². The molecule has 6 rings (SSSR count). The van der Waals surface area contributed by atoms with E-state index in [1.54, 1.807) is 0 Å². The Bertz CT molecular complexity index is 1650. The number of benzene rings is 1. The Hall–Kier alpha value is -3.88. The van der Waals surface area contributed by atoms with Crippen LogP contribution in [-0.4, -0.2) is 56.9 Å². The quantitative estimate of drug-likeness (QED) is 0.254. The molecule has 0 atom stereocenters. The van der Waals surface area contributed by atoms with Crippen molar-refractivity contribution in [1.82, 2.24) is 19.1 Å². The smallest absolute Gasteiger partial charge is 0.410 e. The van der Waals surface area contributed by atoms with Gasteiger partial charge in [0.1, 0.15) is 22.6 Å². The van der Waals surface area contributed by atoms with E-state index < -0.39 is 17.4 Å². The molecule has 3 aromatic heterocycles. The van der Waals surface area contributed by atoms with Crippen LogP contribution in [0.5, 0.6) is 0 Å². The fourth-order valence-corrected chi connectivity index (χ4v) is 6.07. The van der Waals surface area contributed by atoms with Gasteiger partial charge in [-0.25, -0.2) is 18.5 Å². The molecule has 1 aliphatic carbocycles. The summed E-state index contributed by atoms with van der Waals surface area (Å²) in [4.78, 5) is 26.6. The van der Waals surface area contributed by atoms with Gasteiger partial charge in [-0.1, -0.05) is 18.2 Å². The van der Waals surface area contributed by atoms with Gasteiger partial charge < -0.3 is 18.9 Å². The lowest BCUT2D eigenvalue weighted by Gasteiger charge is -2.34. The first-order valence-electron chi connectivity index (χ1n) is 14.4. The minimum absolute atomic E-state index is 0.116. The van der Waals surface area contributed by atoms with Crippen LogP contribution >= 0.6 is 0 Å². The van der Waals surface area contributed by atoms with Gasteiger partial charge in [0.25, 0.3) is 0 Å². The molecule has 4 aromatic rings. The molecular formula is C32H37FN4O4. The number of likely N-dealkylation sites (tertiary alicyclic amines) is 1. The molecule has 2 fully saturated rings. The average molecular weight is 561 g/mol. The number of amides is 1. The van der Waals surface area contributed by atoms with Crippen molar-refractivity contribution in [2.75, 3.05) is 20.2 Å². The molecule has 8 nitrogen and oxygen atoms in total. The number of esters is 1. The van der Waals surface area contributed by atoms with Gasteiger partial charge >= 0.3 is 12.1 Å². The number of aromatic nitrogens is 3. The molecule has 4 heterocycles. The van der Waals surface area contributed by atoms with Crippen molar-refractivity contribution in [2.45, 2.75) is 71.4 Å². The summed E-state index contributed by atoms with van der Waals surface area (Å²) < 4.78 is 29.5. The van der Waals surface area contributed by atoms with Crippen LogP contribution < -0.4 is 0 Å². The van der Waals surface area contributed by atoms with Gasteiger partial charge in [0.15, 0.2) is 0 Å². The third kappa shape index (κ3) is 5.18. The lowest BCUT2D eigenvalue weighted by Crippen LogP contribution is -2.41. The molecule has 0 spiro atoms. The molecule has 0 bridgehead atoms. The van der Waals surface area contributed by atoms with Crippen LogP contribution in [0.15, 0.2) is 36.5 Å². The predicted molar refractivity (Wildman–Crippen MR) is 155 cm³/mol. The molecule has 1 aromatic carbocycles. The zero-order chi connectivity index (χ0) is 29.1. The third-order valence-corrected chi connectivity index (χ3v) is 8.26. The van der Waals surface area contributed by atoms with Gasteiger partial charge in [-0.3, -0.25) is 0 Å². The fraction of sp³-hybridized carbons (Fsp3) is 0.469. The van der Waals surface area contributed by atoms with E-state index in [0.717, 1.165) is 36.0 Å². The van der Waals surface area contributed by atoms with Crippen molar-refractivity contribution in [3.05, 3.63) is 59.0 Å². The van der Waals surface area contributed by atoms with Crippen molar-refractivity contribution in [2.24, 2.45) is 5.92 Å². The number of carbonyl (C=O) groups excluding carboxylic acids is 2. The largest absolute Gasteiger partial charge is 0.465 e. The Morgan fingerprint density at radius 3 is 2.46 bits per heavy atom. The van der Waals surface area contributed by atoms with E-state index in [0.29, 0.717) is 36.1 Å². The van der Waals surface area contributed by atoms with Gasteiger partial charge in [-0.05, 0) is 82.9 Å². The van der Waals surface area contributed by atoms with Gasteiger partial charge in [-0.15, -0.1) is 0 Å². The number of hydrogen-bond donors (Lipinski definition) is 0. The second-order valence-electron chi connectivity index (χ2n) is 12.4. The van der Waals surface area contributed by atoms with Crippen molar-refractivity contribution in [3.63, 3.8) is 0 Å². The fourth-order valence-electron chi connectivity index (χ4n) is 6.07. The zero-order valence-electron chi connectivity index (χ0n) is 24.4. The van der Waals surface area contributed by atoms with Crippen molar-refractivity contribution in [1.29, 1.82) is 0 Å². The number of halogens is 1. The number of ether oxygens (including phenoxy) is 2. The number of piperidine rings is 1. The molecular weight excluding hydrogens is 523 g/mol. The molecule has 1 saturated carbocycles. The van der Waals surface area contributed by atoms with Crippen LogP contribution in [0.2, 0.25) is 0 Å². The summed E-state index contributed by atoms with van der Waals surface area (Å²) in [5.41, 5.74) is 4.80. The first-order valence-corrected chi connectivity index (χ1v) is 14.4. The van der Waals surface area contributed by atoms with Gasteiger partial charge in [0, 0.05) is 36.8 Å². The summed E-state index contributed by atoms with van der Waals surface area (Å²) >= 11 is 0. The third-order valence-electron chi connectivity index (χ3n) is 8.26. The van der Waals surface area contributed by atoms with Gasteiger partial charge in [-0.2, -0.15) is 5.10 Å². The minimum atomic E-state index is -0.606. The molecule has 2 aliphatic rings. The summed E-state index contributed by atoms with van der Waals surface area (Å²) in [7, 11) is 1.28. The maximum absolute atomic E-state index is 15.2. The molecule has 0 radical (unpaired) electrons. The Kier molecular flexibility index (Phi) is 6.78. The molecule has 41 heavy (non-hydrogen) atoms. The summed E-state index contributed by atoms with van der Waals surface area (Å²) in [6.45, 7) is 9.73. The summed E-state index contributed by atoms with van der Waals surface area (Å²) in [5, 5.41) is 5.92. The zero-order valence-corrected chi connectivity index (χ0v) is 24.4. The standard InChI is InChI=1S/C32H37FN4O4/c1-19-27(34-37-18-23(30(38)40-5)15-25(33)28(19)37)26-16-22-7-6-8-24(29(22)36(26)17-20-9-10-20)21-11-13-35(14-12-21)31(39)41-32(2,3)4/h6-8,15-16,18,20-21H,9-14,17H2,1-5H3. The van der Waals surface area contributed by atoms with Crippen LogP contribution in [0.25, 0.3) is 27.8 Å². The second-order valence-corrected chi connectivity index (χ2v) is 12.4. The number of para-hydroxylation sites is 1. The van der Waals surface area contributed by atoms with Crippen LogP contribution in [0, 0.1) is 18.7 Å². The van der Waals surface area contributed by atoms with E-state index in [9.17, 15) is 9.59 Å². The number of fused-ring (bicyclic) bond motifs is 2. The summed E-state index contributed by atoms with van der Waals surface area (Å²) in [6.07, 6.45) is 5.37. The Labute approximate surface area is 239 Å². The van der Waals surface area contributed by atoms with Crippen LogP contribution in [0.1, 0.15) is 73.9 Å². The topological polar surface area (TPSA) is 78.1 Å².